The number of morpholine rings is 1. The van der Waals surface area contributed by atoms with Crippen LogP contribution in [-0.2, 0) is 27.2 Å². The van der Waals surface area contributed by atoms with Crippen LogP contribution in [0.3, 0.4) is 0 Å². The molecule has 0 spiro atoms. The lowest BCUT2D eigenvalue weighted by atomic mass is 10.1. The van der Waals surface area contributed by atoms with Crippen LogP contribution >= 0.6 is 0 Å². The van der Waals surface area contributed by atoms with Gasteiger partial charge in [-0.1, -0.05) is 42.5 Å². The number of hydrogen-bond donors (Lipinski definition) is 1. The summed E-state index contributed by atoms with van der Waals surface area (Å²) in [5, 5.41) is 3.67. The van der Waals surface area contributed by atoms with Crippen LogP contribution in [0.1, 0.15) is 15.9 Å². The zero-order valence-corrected chi connectivity index (χ0v) is 19.7. The molecule has 2 aromatic carbocycles. The number of para-hydroxylation sites is 1. The monoisotopic (exact) mass is 465 g/mol. The Morgan fingerprint density at radius 1 is 1.03 bits per heavy atom. The third kappa shape index (κ3) is 5.40. The van der Waals surface area contributed by atoms with E-state index < -0.39 is 12.0 Å². The molecule has 1 aliphatic heterocycles. The topological polar surface area (TPSA) is 82.0 Å². The van der Waals surface area contributed by atoms with E-state index in [2.05, 4.69) is 14.8 Å². The molecule has 8 nitrogen and oxygen atoms in total. The Morgan fingerprint density at radius 2 is 1.79 bits per heavy atom. The summed E-state index contributed by atoms with van der Waals surface area (Å²) >= 11 is 0. The van der Waals surface area contributed by atoms with Crippen molar-refractivity contribution < 1.29 is 23.8 Å². The van der Waals surface area contributed by atoms with Crippen molar-refractivity contribution in [3.05, 3.63) is 65.9 Å². The predicted octanol–water partition coefficient (Wildman–Crippen LogP) is 2.50. The summed E-state index contributed by atoms with van der Waals surface area (Å²) < 4.78 is 18.1. The van der Waals surface area contributed by atoms with Gasteiger partial charge in [-0.15, -0.1) is 0 Å². The number of esters is 1. The molecule has 3 aromatic rings. The van der Waals surface area contributed by atoms with Crippen LogP contribution < -0.4 is 10.1 Å². The number of nitrogens with zero attached hydrogens (tertiary/aromatic N) is 2. The molecule has 1 fully saturated rings. The summed E-state index contributed by atoms with van der Waals surface area (Å²) in [5.41, 5.74) is 2.30. The molecule has 0 saturated carbocycles. The van der Waals surface area contributed by atoms with Gasteiger partial charge < -0.3 is 24.1 Å². The number of amides is 1. The lowest BCUT2D eigenvalue weighted by molar-refractivity contribution is -0.142. The number of nitrogens with one attached hydrogen (secondary N) is 1. The number of fused-ring (bicyclic) bond motifs is 1. The average molecular weight is 466 g/mol. The van der Waals surface area contributed by atoms with Gasteiger partial charge in [-0.2, -0.15) is 0 Å². The maximum atomic E-state index is 13.4. The molecule has 1 aromatic heterocycles. The van der Waals surface area contributed by atoms with E-state index in [0.29, 0.717) is 24.3 Å². The molecule has 0 unspecified atom stereocenters. The van der Waals surface area contributed by atoms with Gasteiger partial charge in [0, 0.05) is 44.2 Å². The summed E-state index contributed by atoms with van der Waals surface area (Å²) in [6.45, 7) is 4.80. The van der Waals surface area contributed by atoms with E-state index >= 15 is 0 Å². The van der Waals surface area contributed by atoms with E-state index in [1.807, 2.05) is 54.7 Å². The van der Waals surface area contributed by atoms with E-state index in [1.54, 1.807) is 7.11 Å². The van der Waals surface area contributed by atoms with Crippen molar-refractivity contribution in [2.45, 2.75) is 19.0 Å². The first-order valence-corrected chi connectivity index (χ1v) is 11.5. The van der Waals surface area contributed by atoms with Crippen LogP contribution in [0.4, 0.5) is 0 Å². The summed E-state index contributed by atoms with van der Waals surface area (Å²) in [6.07, 6.45) is 2.19. The molecule has 1 aliphatic rings. The minimum absolute atomic E-state index is 0.324. The van der Waals surface area contributed by atoms with Crippen molar-refractivity contribution in [2.24, 2.45) is 0 Å². The first-order valence-electron chi connectivity index (χ1n) is 11.5. The van der Waals surface area contributed by atoms with Crippen LogP contribution in [0.5, 0.6) is 5.75 Å². The number of rotatable bonds is 9. The van der Waals surface area contributed by atoms with Crippen molar-refractivity contribution in [2.75, 3.05) is 47.1 Å². The number of aromatic nitrogens is 1. The minimum atomic E-state index is -0.794. The van der Waals surface area contributed by atoms with Gasteiger partial charge in [-0.05, 0) is 11.6 Å². The highest BCUT2D eigenvalue weighted by Gasteiger charge is 2.25. The Balaban J connectivity index is 1.60. The molecule has 0 bridgehead atoms. The fourth-order valence-electron chi connectivity index (χ4n) is 4.34. The number of ether oxygens (including phenoxy) is 3. The summed E-state index contributed by atoms with van der Waals surface area (Å²) in [4.78, 5) is 28.2. The highest BCUT2D eigenvalue weighted by molar-refractivity contribution is 6.09. The second kappa shape index (κ2) is 11.2. The van der Waals surface area contributed by atoms with Gasteiger partial charge in [-0.3, -0.25) is 9.69 Å². The van der Waals surface area contributed by atoms with Crippen molar-refractivity contribution in [1.82, 2.24) is 14.8 Å². The molecule has 1 saturated heterocycles. The summed E-state index contributed by atoms with van der Waals surface area (Å²) in [6, 6.07) is 14.4. The molecule has 34 heavy (non-hydrogen) atoms. The number of methoxy groups -OCH3 is 2. The zero-order chi connectivity index (χ0) is 23.9. The van der Waals surface area contributed by atoms with E-state index in [9.17, 15) is 9.59 Å². The molecule has 0 aliphatic carbocycles. The number of benzene rings is 2. The van der Waals surface area contributed by atoms with Crippen molar-refractivity contribution in [3.8, 4) is 5.75 Å². The molecule has 4 rings (SSSR count). The van der Waals surface area contributed by atoms with Gasteiger partial charge in [0.05, 0.1) is 38.5 Å². The zero-order valence-electron chi connectivity index (χ0n) is 19.7. The Morgan fingerprint density at radius 3 is 2.50 bits per heavy atom. The van der Waals surface area contributed by atoms with E-state index in [1.165, 1.54) is 7.11 Å². The molecular formula is C26H31N3O5. The first-order chi connectivity index (χ1) is 16.6. The number of carbonyl (C=O) groups is 2. The van der Waals surface area contributed by atoms with E-state index in [4.69, 9.17) is 14.2 Å². The quantitative estimate of drug-likeness (QED) is 0.489. The highest BCUT2D eigenvalue weighted by atomic mass is 16.5. The van der Waals surface area contributed by atoms with Crippen LogP contribution in [0.2, 0.25) is 0 Å². The van der Waals surface area contributed by atoms with Gasteiger partial charge in [-0.25, -0.2) is 4.79 Å². The SMILES string of the molecule is COC(=O)[C@H](Cc1ccccc1)NC(=O)c1cn(CCN2CCOCC2)c2c(OC)cccc12. The van der Waals surface area contributed by atoms with Crippen LogP contribution in [0.25, 0.3) is 10.9 Å². The van der Waals surface area contributed by atoms with Gasteiger partial charge in [0.1, 0.15) is 11.8 Å². The smallest absolute Gasteiger partial charge is 0.328 e. The minimum Gasteiger partial charge on any atom is -0.495 e. The van der Waals surface area contributed by atoms with E-state index in [-0.39, 0.29) is 5.91 Å². The van der Waals surface area contributed by atoms with Crippen molar-refractivity contribution in [1.29, 1.82) is 0 Å². The van der Waals surface area contributed by atoms with Gasteiger partial charge >= 0.3 is 5.97 Å². The number of carbonyl (C=O) groups excluding carboxylic acids is 2. The van der Waals surface area contributed by atoms with E-state index in [0.717, 1.165) is 49.3 Å². The third-order valence-corrected chi connectivity index (χ3v) is 6.16. The lowest BCUT2D eigenvalue weighted by Crippen LogP contribution is -2.43. The largest absolute Gasteiger partial charge is 0.495 e. The third-order valence-electron chi connectivity index (χ3n) is 6.16. The summed E-state index contributed by atoms with van der Waals surface area (Å²) in [5.74, 6) is -0.104. The lowest BCUT2D eigenvalue weighted by Gasteiger charge is -2.26. The first kappa shape index (κ1) is 23.8. The van der Waals surface area contributed by atoms with Crippen LogP contribution in [0, 0.1) is 0 Å². The fraction of sp³-hybridized carbons (Fsp3) is 0.385. The Hall–Kier alpha value is -3.36. The second-order valence-electron chi connectivity index (χ2n) is 8.29. The molecule has 8 heteroatoms. The maximum Gasteiger partial charge on any atom is 0.328 e. The summed E-state index contributed by atoms with van der Waals surface area (Å²) in [7, 11) is 2.95. The molecule has 0 radical (unpaired) electrons. The standard InChI is InChI=1S/C26H31N3O5/c1-32-23-10-6-9-20-21(18-29(24(20)23)12-11-28-13-15-34-16-14-28)25(30)27-22(26(31)33-2)17-19-7-4-3-5-8-19/h3-10,18,22H,11-17H2,1-2H3,(H,27,30)/t22-/m0/s1. The molecular weight excluding hydrogens is 434 g/mol. The van der Waals surface area contributed by atoms with Gasteiger partial charge in [0.15, 0.2) is 0 Å². The average Bonchev–Trinajstić information content (AvgIpc) is 3.27. The Labute approximate surface area is 199 Å². The Kier molecular flexibility index (Phi) is 7.82. The normalized spacial score (nSPS) is 15.1. The Bertz CT molecular complexity index is 1120. The van der Waals surface area contributed by atoms with Crippen LogP contribution in [0.15, 0.2) is 54.7 Å². The van der Waals surface area contributed by atoms with Crippen molar-refractivity contribution in [3.63, 3.8) is 0 Å². The highest BCUT2D eigenvalue weighted by Crippen LogP contribution is 2.30. The molecule has 180 valence electrons. The van der Waals surface area contributed by atoms with Crippen LogP contribution in [-0.4, -0.2) is 74.5 Å². The molecule has 1 N–H and O–H groups in total. The maximum absolute atomic E-state index is 13.4. The van der Waals surface area contributed by atoms with Gasteiger partial charge in [0.2, 0.25) is 0 Å². The number of hydrogen-bond acceptors (Lipinski definition) is 6. The fourth-order valence-corrected chi connectivity index (χ4v) is 4.34. The van der Waals surface area contributed by atoms with Gasteiger partial charge in [0.25, 0.3) is 5.91 Å². The second-order valence-corrected chi connectivity index (χ2v) is 8.29. The molecule has 1 amide bonds. The predicted molar refractivity (Wildman–Crippen MR) is 129 cm³/mol. The molecule has 2 heterocycles. The van der Waals surface area contributed by atoms with Crippen molar-refractivity contribution >= 4 is 22.8 Å². The molecule has 1 atom stereocenters.